The Kier molecular flexibility index (Phi) is 5.68. The summed E-state index contributed by atoms with van der Waals surface area (Å²) in [6.07, 6.45) is 2.72. The Balaban J connectivity index is 1.46. The lowest BCUT2D eigenvalue weighted by molar-refractivity contribution is -0.135. The minimum Gasteiger partial charge on any atom is -0.492 e. The van der Waals surface area contributed by atoms with Crippen LogP contribution in [0.3, 0.4) is 0 Å². The largest absolute Gasteiger partial charge is 0.492 e. The number of ether oxygens (including phenoxy) is 2. The van der Waals surface area contributed by atoms with Gasteiger partial charge in [-0.2, -0.15) is 0 Å². The van der Waals surface area contributed by atoms with Gasteiger partial charge in [-0.05, 0) is 38.4 Å². The van der Waals surface area contributed by atoms with Crippen molar-refractivity contribution in [3.8, 4) is 5.75 Å². The highest BCUT2D eigenvalue weighted by Crippen LogP contribution is 2.23. The average molecular weight is 336 g/mol. The van der Waals surface area contributed by atoms with Crippen LogP contribution in [-0.2, 0) is 9.53 Å². The van der Waals surface area contributed by atoms with Crippen LogP contribution in [0, 0.1) is 5.82 Å². The molecule has 1 aromatic carbocycles. The molecule has 5 nitrogen and oxygen atoms in total. The summed E-state index contributed by atoms with van der Waals surface area (Å²) in [5.74, 6) is 0.430. The van der Waals surface area contributed by atoms with Gasteiger partial charge in [0.05, 0.1) is 6.04 Å². The van der Waals surface area contributed by atoms with Crippen LogP contribution in [-0.4, -0.2) is 67.7 Å². The average Bonchev–Trinajstić information content (AvgIpc) is 2.97. The minimum absolute atomic E-state index is 0.0797. The molecule has 2 saturated heterocycles. The number of likely N-dealkylation sites (tertiary alicyclic amines) is 1. The zero-order chi connectivity index (χ0) is 16.9. The lowest BCUT2D eigenvalue weighted by atomic mass is 10.1. The summed E-state index contributed by atoms with van der Waals surface area (Å²) in [5, 5.41) is 0. The van der Waals surface area contributed by atoms with Crippen LogP contribution in [0.5, 0.6) is 5.75 Å². The van der Waals surface area contributed by atoms with Gasteiger partial charge < -0.3 is 14.4 Å². The van der Waals surface area contributed by atoms with Crippen molar-refractivity contribution in [2.45, 2.75) is 31.3 Å². The molecule has 132 valence electrons. The fourth-order valence-electron chi connectivity index (χ4n) is 3.47. The van der Waals surface area contributed by atoms with Crippen LogP contribution >= 0.6 is 0 Å². The molecule has 0 bridgehead atoms. The van der Waals surface area contributed by atoms with Crippen molar-refractivity contribution in [2.24, 2.45) is 0 Å². The number of benzene rings is 1. The molecule has 0 unspecified atom stereocenters. The second-order valence-corrected chi connectivity index (χ2v) is 6.47. The quantitative estimate of drug-likeness (QED) is 0.796. The van der Waals surface area contributed by atoms with Crippen LogP contribution in [0.25, 0.3) is 0 Å². The molecule has 0 N–H and O–H groups in total. The number of nitrogens with zero attached hydrogens (tertiary/aromatic N) is 2. The normalized spacial score (nSPS) is 22.4. The van der Waals surface area contributed by atoms with E-state index in [1.165, 1.54) is 12.1 Å². The van der Waals surface area contributed by atoms with Crippen molar-refractivity contribution >= 4 is 5.91 Å². The van der Waals surface area contributed by atoms with Gasteiger partial charge >= 0.3 is 0 Å². The molecule has 1 atom stereocenters. The molecular formula is C18H25FN2O3. The zero-order valence-corrected chi connectivity index (χ0v) is 14.1. The summed E-state index contributed by atoms with van der Waals surface area (Å²) in [4.78, 5) is 16.7. The third-order valence-corrected chi connectivity index (χ3v) is 4.88. The smallest absolute Gasteiger partial charge is 0.240 e. The van der Waals surface area contributed by atoms with Gasteiger partial charge in [-0.15, -0.1) is 0 Å². The summed E-state index contributed by atoms with van der Waals surface area (Å²) in [6, 6.07) is 6.36. The molecule has 0 spiro atoms. The van der Waals surface area contributed by atoms with E-state index in [-0.39, 0.29) is 17.8 Å². The van der Waals surface area contributed by atoms with Crippen molar-refractivity contribution in [1.82, 2.24) is 9.80 Å². The third kappa shape index (κ3) is 4.05. The molecule has 1 amide bonds. The fourth-order valence-corrected chi connectivity index (χ4v) is 3.47. The van der Waals surface area contributed by atoms with Crippen LogP contribution in [0.4, 0.5) is 4.39 Å². The molecule has 2 aliphatic rings. The Labute approximate surface area is 142 Å². The fraction of sp³-hybridized carbons (Fsp3) is 0.611. The Bertz CT molecular complexity index is 563. The number of rotatable bonds is 6. The molecule has 0 aromatic heterocycles. The molecule has 0 aliphatic carbocycles. The molecule has 3 rings (SSSR count). The van der Waals surface area contributed by atoms with Crippen molar-refractivity contribution in [3.63, 3.8) is 0 Å². The van der Waals surface area contributed by atoms with Crippen molar-refractivity contribution in [1.29, 1.82) is 0 Å². The highest BCUT2D eigenvalue weighted by Gasteiger charge is 2.38. The standard InChI is InChI=1S/C18H25FN2O3/c1-20(9-12-24-16-4-2-3-14(19)13-16)17-5-8-21(18(17)22)15-6-10-23-11-7-15/h2-4,13,15,17H,5-12H2,1H3/t17-/m0/s1. The monoisotopic (exact) mass is 336 g/mol. The van der Waals surface area contributed by atoms with E-state index in [0.717, 1.165) is 39.0 Å². The van der Waals surface area contributed by atoms with E-state index in [1.807, 2.05) is 16.8 Å². The van der Waals surface area contributed by atoms with E-state index in [4.69, 9.17) is 9.47 Å². The second kappa shape index (κ2) is 7.94. The minimum atomic E-state index is -0.307. The number of carbonyl (C=O) groups excluding carboxylic acids is 1. The maximum Gasteiger partial charge on any atom is 0.240 e. The lowest BCUT2D eigenvalue weighted by Crippen LogP contribution is -2.46. The topological polar surface area (TPSA) is 42.0 Å². The van der Waals surface area contributed by atoms with Gasteiger partial charge in [0.2, 0.25) is 5.91 Å². The van der Waals surface area contributed by atoms with E-state index >= 15 is 0 Å². The molecule has 1 aromatic rings. The predicted octanol–water partition coefficient (Wildman–Crippen LogP) is 1.92. The van der Waals surface area contributed by atoms with Gasteiger partial charge in [-0.1, -0.05) is 6.07 Å². The van der Waals surface area contributed by atoms with Crippen molar-refractivity contribution in [2.75, 3.05) is 40.0 Å². The first kappa shape index (κ1) is 17.2. The highest BCUT2D eigenvalue weighted by atomic mass is 19.1. The predicted molar refractivity (Wildman–Crippen MR) is 88.5 cm³/mol. The van der Waals surface area contributed by atoms with Gasteiger partial charge in [0.25, 0.3) is 0 Å². The van der Waals surface area contributed by atoms with E-state index in [1.54, 1.807) is 12.1 Å². The number of carbonyl (C=O) groups is 1. The van der Waals surface area contributed by atoms with E-state index in [0.29, 0.717) is 24.9 Å². The SMILES string of the molecule is CN(CCOc1cccc(F)c1)[C@H]1CCN(C2CCOCC2)C1=O. The summed E-state index contributed by atoms with van der Waals surface area (Å²) in [7, 11) is 1.95. The third-order valence-electron chi connectivity index (χ3n) is 4.88. The number of hydrogen-bond acceptors (Lipinski definition) is 4. The lowest BCUT2D eigenvalue weighted by Gasteiger charge is -2.32. The summed E-state index contributed by atoms with van der Waals surface area (Å²) in [5.41, 5.74) is 0. The summed E-state index contributed by atoms with van der Waals surface area (Å²) < 4.78 is 24.1. The maximum absolute atomic E-state index is 13.1. The van der Waals surface area contributed by atoms with Crippen molar-refractivity contribution < 1.29 is 18.7 Å². The van der Waals surface area contributed by atoms with E-state index < -0.39 is 0 Å². The molecular weight excluding hydrogens is 311 g/mol. The number of amides is 1. The number of likely N-dealkylation sites (N-methyl/N-ethyl adjacent to an activating group) is 1. The first-order valence-corrected chi connectivity index (χ1v) is 8.62. The Morgan fingerprint density at radius 1 is 1.33 bits per heavy atom. The molecule has 2 fully saturated rings. The number of hydrogen-bond donors (Lipinski definition) is 0. The Morgan fingerprint density at radius 2 is 2.12 bits per heavy atom. The maximum atomic E-state index is 13.1. The summed E-state index contributed by atoms with van der Waals surface area (Å²) in [6.45, 7) is 3.38. The Hall–Kier alpha value is -1.66. The van der Waals surface area contributed by atoms with Crippen LogP contribution in [0.2, 0.25) is 0 Å². The first-order valence-electron chi connectivity index (χ1n) is 8.62. The summed E-state index contributed by atoms with van der Waals surface area (Å²) >= 11 is 0. The zero-order valence-electron chi connectivity index (χ0n) is 14.1. The van der Waals surface area contributed by atoms with E-state index in [9.17, 15) is 9.18 Å². The molecule has 2 aliphatic heterocycles. The molecule has 24 heavy (non-hydrogen) atoms. The van der Waals surface area contributed by atoms with Gasteiger partial charge in [0.15, 0.2) is 0 Å². The van der Waals surface area contributed by atoms with Gasteiger partial charge in [-0.25, -0.2) is 4.39 Å². The molecule has 2 heterocycles. The molecule has 0 saturated carbocycles. The van der Waals surface area contributed by atoms with Crippen LogP contribution < -0.4 is 4.74 Å². The highest BCUT2D eigenvalue weighted by molar-refractivity contribution is 5.84. The molecule has 6 heteroatoms. The number of halogens is 1. The van der Waals surface area contributed by atoms with Gasteiger partial charge in [-0.3, -0.25) is 9.69 Å². The van der Waals surface area contributed by atoms with Gasteiger partial charge in [0.1, 0.15) is 18.2 Å². The van der Waals surface area contributed by atoms with Crippen LogP contribution in [0.15, 0.2) is 24.3 Å². The Morgan fingerprint density at radius 3 is 2.88 bits per heavy atom. The molecule has 0 radical (unpaired) electrons. The van der Waals surface area contributed by atoms with E-state index in [2.05, 4.69) is 0 Å². The first-order chi connectivity index (χ1) is 11.6. The van der Waals surface area contributed by atoms with Gasteiger partial charge in [0, 0.05) is 38.4 Å². The second-order valence-electron chi connectivity index (χ2n) is 6.47. The van der Waals surface area contributed by atoms with Crippen LogP contribution in [0.1, 0.15) is 19.3 Å². The van der Waals surface area contributed by atoms with Crippen molar-refractivity contribution in [3.05, 3.63) is 30.1 Å².